The van der Waals surface area contributed by atoms with Crippen LogP contribution in [0.2, 0.25) is 5.02 Å². The molecule has 0 aliphatic heterocycles. The van der Waals surface area contributed by atoms with Crippen LogP contribution >= 0.6 is 11.6 Å². The van der Waals surface area contributed by atoms with Gasteiger partial charge in [-0.15, -0.1) is 0 Å². The standard InChI is InChI=1S/C23H26ClN3O3/c1-13-9-7-12-18(14(13)2)27-20(15(3)25-22(29)30-23(4,5)6)26-17-11-8-10-16(24)19(17)21(27)28/h7-12,15H,1-6H3,(H,25,29)/t15-/m0/s1. The summed E-state index contributed by atoms with van der Waals surface area (Å²) in [7, 11) is 0. The normalized spacial score (nSPS) is 12.6. The molecule has 0 fully saturated rings. The van der Waals surface area contributed by atoms with Gasteiger partial charge in [0, 0.05) is 0 Å². The zero-order valence-corrected chi connectivity index (χ0v) is 18.8. The van der Waals surface area contributed by atoms with Crippen LogP contribution in [-0.2, 0) is 4.74 Å². The molecule has 30 heavy (non-hydrogen) atoms. The first-order valence-corrected chi connectivity index (χ1v) is 10.1. The highest BCUT2D eigenvalue weighted by Gasteiger charge is 2.24. The maximum absolute atomic E-state index is 13.5. The molecule has 0 saturated carbocycles. The zero-order valence-electron chi connectivity index (χ0n) is 18.0. The van der Waals surface area contributed by atoms with Gasteiger partial charge in [0.25, 0.3) is 5.56 Å². The van der Waals surface area contributed by atoms with E-state index in [4.69, 9.17) is 21.3 Å². The van der Waals surface area contributed by atoms with Gasteiger partial charge in [-0.05, 0) is 70.9 Å². The summed E-state index contributed by atoms with van der Waals surface area (Å²) in [5.41, 5.74) is 2.23. The van der Waals surface area contributed by atoms with Gasteiger partial charge in [0.2, 0.25) is 0 Å². The van der Waals surface area contributed by atoms with Gasteiger partial charge in [-0.2, -0.15) is 0 Å². The Balaban J connectivity index is 2.23. The number of carbonyl (C=O) groups excluding carboxylic acids is 1. The van der Waals surface area contributed by atoms with Crippen LogP contribution in [0.1, 0.15) is 50.7 Å². The smallest absolute Gasteiger partial charge is 0.408 e. The summed E-state index contributed by atoms with van der Waals surface area (Å²) < 4.78 is 6.90. The van der Waals surface area contributed by atoms with Crippen molar-refractivity contribution < 1.29 is 9.53 Å². The van der Waals surface area contributed by atoms with Crippen molar-refractivity contribution in [3.05, 3.63) is 68.7 Å². The number of nitrogens with zero attached hydrogens (tertiary/aromatic N) is 2. The molecule has 158 valence electrons. The van der Waals surface area contributed by atoms with E-state index in [1.54, 1.807) is 45.9 Å². The van der Waals surface area contributed by atoms with Crippen LogP contribution in [0.5, 0.6) is 0 Å². The Labute approximate surface area is 180 Å². The van der Waals surface area contributed by atoms with Crippen molar-refractivity contribution in [1.29, 1.82) is 0 Å². The summed E-state index contributed by atoms with van der Waals surface area (Å²) in [6.07, 6.45) is -0.581. The van der Waals surface area contributed by atoms with Crippen molar-refractivity contribution in [2.24, 2.45) is 0 Å². The molecule has 1 amide bonds. The molecular formula is C23H26ClN3O3. The number of nitrogens with one attached hydrogen (secondary N) is 1. The van der Waals surface area contributed by atoms with E-state index in [1.165, 1.54) is 4.57 Å². The third-order valence-electron chi connectivity index (χ3n) is 4.81. The highest BCUT2D eigenvalue weighted by atomic mass is 35.5. The predicted molar refractivity (Wildman–Crippen MR) is 120 cm³/mol. The summed E-state index contributed by atoms with van der Waals surface area (Å²) >= 11 is 6.34. The number of benzene rings is 2. The SMILES string of the molecule is Cc1cccc(-n2c([C@H](C)NC(=O)OC(C)(C)C)nc3cccc(Cl)c3c2=O)c1C. The molecule has 0 aliphatic rings. The Bertz CT molecular complexity index is 1180. The fraction of sp³-hybridized carbons (Fsp3) is 0.348. The Morgan fingerprint density at radius 2 is 1.83 bits per heavy atom. The molecule has 0 bridgehead atoms. The first kappa shape index (κ1) is 21.8. The molecule has 3 rings (SSSR count). The zero-order chi connectivity index (χ0) is 22.2. The third kappa shape index (κ3) is 4.33. The van der Waals surface area contributed by atoms with Crippen molar-refractivity contribution in [1.82, 2.24) is 14.9 Å². The second-order valence-corrected chi connectivity index (χ2v) is 8.74. The van der Waals surface area contributed by atoms with Crippen LogP contribution in [0.3, 0.4) is 0 Å². The number of halogens is 1. The Hall–Kier alpha value is -2.86. The van der Waals surface area contributed by atoms with E-state index in [1.807, 2.05) is 32.0 Å². The third-order valence-corrected chi connectivity index (χ3v) is 5.13. The van der Waals surface area contributed by atoms with E-state index in [0.29, 0.717) is 27.4 Å². The number of aryl methyl sites for hydroxylation is 1. The van der Waals surface area contributed by atoms with Crippen LogP contribution in [0.25, 0.3) is 16.6 Å². The lowest BCUT2D eigenvalue weighted by Crippen LogP contribution is -2.37. The first-order chi connectivity index (χ1) is 14.0. The van der Waals surface area contributed by atoms with E-state index in [-0.39, 0.29) is 5.56 Å². The Morgan fingerprint density at radius 1 is 1.17 bits per heavy atom. The number of hydrogen-bond donors (Lipinski definition) is 1. The van der Waals surface area contributed by atoms with Crippen LogP contribution in [0, 0.1) is 13.8 Å². The summed E-state index contributed by atoms with van der Waals surface area (Å²) in [6, 6.07) is 10.3. The van der Waals surface area contributed by atoms with Crippen molar-refractivity contribution in [2.75, 3.05) is 0 Å². The molecule has 3 aromatic rings. The van der Waals surface area contributed by atoms with Crippen LogP contribution < -0.4 is 10.9 Å². The number of alkyl carbamates (subject to hydrolysis) is 1. The summed E-state index contributed by atoms with van der Waals surface area (Å²) in [6.45, 7) is 11.1. The monoisotopic (exact) mass is 427 g/mol. The minimum absolute atomic E-state index is 0.285. The number of ether oxygens (including phenoxy) is 1. The van der Waals surface area contributed by atoms with Crippen molar-refractivity contribution in [3.63, 3.8) is 0 Å². The Morgan fingerprint density at radius 3 is 2.50 bits per heavy atom. The fourth-order valence-electron chi connectivity index (χ4n) is 3.26. The Kier molecular flexibility index (Phi) is 5.90. The van der Waals surface area contributed by atoms with Crippen molar-refractivity contribution in [2.45, 2.75) is 53.2 Å². The molecule has 7 heteroatoms. The minimum atomic E-state index is -0.638. The van der Waals surface area contributed by atoms with E-state index in [0.717, 1.165) is 11.1 Å². The van der Waals surface area contributed by atoms with Gasteiger partial charge in [-0.3, -0.25) is 9.36 Å². The van der Waals surface area contributed by atoms with Crippen LogP contribution in [0.4, 0.5) is 4.79 Å². The van der Waals surface area contributed by atoms with Gasteiger partial charge in [-0.25, -0.2) is 9.78 Å². The number of fused-ring (bicyclic) bond motifs is 1. The van der Waals surface area contributed by atoms with E-state index in [9.17, 15) is 9.59 Å². The molecule has 1 heterocycles. The molecule has 0 unspecified atom stereocenters. The maximum Gasteiger partial charge on any atom is 0.408 e. The van der Waals surface area contributed by atoms with Gasteiger partial charge >= 0.3 is 6.09 Å². The molecule has 6 nitrogen and oxygen atoms in total. The van der Waals surface area contributed by atoms with Crippen LogP contribution in [0.15, 0.2) is 41.2 Å². The first-order valence-electron chi connectivity index (χ1n) is 9.77. The molecule has 2 aromatic carbocycles. The lowest BCUT2D eigenvalue weighted by molar-refractivity contribution is 0.0505. The largest absolute Gasteiger partial charge is 0.444 e. The molecule has 0 radical (unpaired) electrons. The number of amides is 1. The van der Waals surface area contributed by atoms with Gasteiger partial charge in [0.1, 0.15) is 11.4 Å². The fourth-order valence-corrected chi connectivity index (χ4v) is 3.51. The molecule has 0 saturated heterocycles. The van der Waals surface area contributed by atoms with Crippen LogP contribution in [-0.4, -0.2) is 21.2 Å². The molecule has 1 N–H and O–H groups in total. The number of aromatic nitrogens is 2. The highest BCUT2D eigenvalue weighted by molar-refractivity contribution is 6.35. The summed E-state index contributed by atoms with van der Waals surface area (Å²) in [5.74, 6) is 0.398. The topological polar surface area (TPSA) is 73.2 Å². The van der Waals surface area contributed by atoms with Gasteiger partial charge in [0.05, 0.1) is 27.7 Å². The predicted octanol–water partition coefficient (Wildman–Crippen LogP) is 5.24. The van der Waals surface area contributed by atoms with Crippen molar-refractivity contribution >= 4 is 28.6 Å². The quantitative estimate of drug-likeness (QED) is 0.620. The molecule has 1 atom stereocenters. The molecule has 0 aliphatic carbocycles. The average molecular weight is 428 g/mol. The number of hydrogen-bond acceptors (Lipinski definition) is 4. The summed E-state index contributed by atoms with van der Waals surface area (Å²) in [5, 5.41) is 3.46. The van der Waals surface area contributed by atoms with Gasteiger partial charge in [0.15, 0.2) is 0 Å². The highest BCUT2D eigenvalue weighted by Crippen LogP contribution is 2.25. The van der Waals surface area contributed by atoms with E-state index < -0.39 is 17.7 Å². The second kappa shape index (κ2) is 8.11. The summed E-state index contributed by atoms with van der Waals surface area (Å²) in [4.78, 5) is 30.6. The van der Waals surface area contributed by atoms with Gasteiger partial charge < -0.3 is 10.1 Å². The lowest BCUT2D eigenvalue weighted by atomic mass is 10.1. The lowest BCUT2D eigenvalue weighted by Gasteiger charge is -2.24. The van der Waals surface area contributed by atoms with E-state index >= 15 is 0 Å². The number of carbonyl (C=O) groups is 1. The molecular weight excluding hydrogens is 402 g/mol. The number of rotatable bonds is 3. The van der Waals surface area contributed by atoms with Gasteiger partial charge in [-0.1, -0.05) is 29.8 Å². The second-order valence-electron chi connectivity index (χ2n) is 8.33. The molecule has 0 spiro atoms. The van der Waals surface area contributed by atoms with E-state index in [2.05, 4.69) is 5.32 Å². The maximum atomic E-state index is 13.5. The molecule has 1 aromatic heterocycles. The van der Waals surface area contributed by atoms with Crippen molar-refractivity contribution in [3.8, 4) is 5.69 Å². The average Bonchev–Trinajstić information content (AvgIpc) is 2.62. The minimum Gasteiger partial charge on any atom is -0.444 e.